The van der Waals surface area contributed by atoms with Crippen LogP contribution < -0.4 is 0 Å². The number of amides is 1. The summed E-state index contributed by atoms with van der Waals surface area (Å²) in [7, 11) is 0. The number of ketones is 1. The van der Waals surface area contributed by atoms with Crippen molar-refractivity contribution in [2.75, 3.05) is 6.54 Å². The van der Waals surface area contributed by atoms with Crippen molar-refractivity contribution in [3.63, 3.8) is 0 Å². The van der Waals surface area contributed by atoms with Crippen molar-refractivity contribution >= 4 is 17.7 Å². The number of carbonyl (C=O) groups is 3. The molecule has 0 unspecified atom stereocenters. The Bertz CT molecular complexity index is 717. The Morgan fingerprint density at radius 2 is 2.00 bits per heavy atom. The van der Waals surface area contributed by atoms with Gasteiger partial charge in [-0.15, -0.1) is 0 Å². The first kappa shape index (κ1) is 16.5. The van der Waals surface area contributed by atoms with Crippen LogP contribution in [0.25, 0.3) is 0 Å². The van der Waals surface area contributed by atoms with E-state index in [4.69, 9.17) is 4.74 Å². The van der Waals surface area contributed by atoms with E-state index in [0.29, 0.717) is 18.9 Å². The van der Waals surface area contributed by atoms with Crippen LogP contribution in [0, 0.1) is 35.5 Å². The lowest BCUT2D eigenvalue weighted by molar-refractivity contribution is -0.150. The molecule has 0 aromatic heterocycles. The van der Waals surface area contributed by atoms with Crippen LogP contribution in [0.1, 0.15) is 39.0 Å². The first-order valence-electron chi connectivity index (χ1n) is 9.91. The number of hydrogen-bond donors (Lipinski definition) is 1. The quantitative estimate of drug-likeness (QED) is 0.456. The standard InChI is InChI=1S/C20H25NO5/c1-10-6-7-11-4-2-3-5-12(11)14(10)16(22)15-17-20(25)13(19(24)26-17)8-9-21(20)18(15)23/h6-7,10-15,17,25H,2-5,8-9H2,1H3/t10-,11-,12-,13-,14+,15+,17-,20+/m0/s1. The molecule has 1 N–H and O–H groups in total. The van der Waals surface area contributed by atoms with E-state index in [1.807, 2.05) is 6.92 Å². The number of carbonyl (C=O) groups excluding carboxylic acids is 3. The summed E-state index contributed by atoms with van der Waals surface area (Å²) in [6, 6.07) is 0. The van der Waals surface area contributed by atoms with Gasteiger partial charge >= 0.3 is 5.97 Å². The molecule has 0 spiro atoms. The maximum absolute atomic E-state index is 13.6. The molecule has 6 nitrogen and oxygen atoms in total. The van der Waals surface area contributed by atoms with E-state index in [1.165, 1.54) is 11.3 Å². The molecule has 0 bridgehead atoms. The Balaban J connectivity index is 1.50. The van der Waals surface area contributed by atoms with Gasteiger partial charge in [-0.25, -0.2) is 0 Å². The average molecular weight is 359 g/mol. The maximum atomic E-state index is 13.6. The number of nitrogens with zero attached hydrogens (tertiary/aromatic N) is 1. The molecular formula is C20H25NO5. The Hall–Kier alpha value is -1.69. The third kappa shape index (κ3) is 1.89. The lowest BCUT2D eigenvalue weighted by Gasteiger charge is -2.41. The predicted octanol–water partition coefficient (Wildman–Crippen LogP) is 1.28. The molecule has 5 aliphatic rings. The van der Waals surface area contributed by atoms with Crippen LogP contribution in [0.2, 0.25) is 0 Å². The van der Waals surface area contributed by atoms with Gasteiger partial charge in [-0.1, -0.05) is 31.9 Å². The fourth-order valence-electron chi connectivity index (χ4n) is 6.32. The summed E-state index contributed by atoms with van der Waals surface area (Å²) in [6.07, 6.45) is 8.10. The highest BCUT2D eigenvalue weighted by Crippen LogP contribution is 2.53. The predicted molar refractivity (Wildman–Crippen MR) is 90.4 cm³/mol. The molecule has 3 saturated heterocycles. The van der Waals surface area contributed by atoms with E-state index in [1.54, 1.807) is 0 Å². The normalized spacial score (nSPS) is 49.2. The monoisotopic (exact) mass is 359 g/mol. The number of hydrogen-bond acceptors (Lipinski definition) is 5. The zero-order chi connectivity index (χ0) is 18.2. The van der Waals surface area contributed by atoms with Gasteiger partial charge < -0.3 is 14.7 Å². The van der Waals surface area contributed by atoms with Crippen LogP contribution in [0.3, 0.4) is 0 Å². The van der Waals surface area contributed by atoms with Crippen molar-refractivity contribution in [3.05, 3.63) is 12.2 Å². The van der Waals surface area contributed by atoms with Crippen molar-refractivity contribution in [2.45, 2.75) is 50.9 Å². The first-order valence-corrected chi connectivity index (χ1v) is 9.91. The van der Waals surface area contributed by atoms with E-state index in [-0.39, 0.29) is 29.4 Å². The lowest BCUT2D eigenvalue weighted by Crippen LogP contribution is -2.48. The molecule has 2 aliphatic carbocycles. The number of aliphatic hydroxyl groups is 1. The van der Waals surface area contributed by atoms with Crippen molar-refractivity contribution in [1.82, 2.24) is 4.90 Å². The molecule has 140 valence electrons. The highest BCUT2D eigenvalue weighted by atomic mass is 16.6. The minimum absolute atomic E-state index is 0.0626. The van der Waals surface area contributed by atoms with Crippen molar-refractivity contribution in [3.8, 4) is 0 Å². The van der Waals surface area contributed by atoms with Gasteiger partial charge in [0.25, 0.3) is 0 Å². The zero-order valence-electron chi connectivity index (χ0n) is 15.0. The summed E-state index contributed by atoms with van der Waals surface area (Å²) < 4.78 is 5.40. The van der Waals surface area contributed by atoms with Crippen LogP contribution in [-0.4, -0.2) is 46.0 Å². The highest BCUT2D eigenvalue weighted by molar-refractivity contribution is 6.07. The SMILES string of the molecule is C[C@H]1C=C[C@@H]2CCCC[C@@H]2[C@@H]1C(=O)[C@H]1C(=O)N2CC[C@H]3C(=O)O[C@@H]1[C@]32O. The van der Waals surface area contributed by atoms with Crippen LogP contribution in [0.4, 0.5) is 0 Å². The number of allylic oxidation sites excluding steroid dienone is 2. The fourth-order valence-corrected chi connectivity index (χ4v) is 6.32. The molecule has 3 aliphatic heterocycles. The van der Waals surface area contributed by atoms with E-state index in [0.717, 1.165) is 19.3 Å². The van der Waals surface area contributed by atoms with E-state index in [2.05, 4.69) is 12.2 Å². The van der Waals surface area contributed by atoms with Gasteiger partial charge in [0, 0.05) is 12.5 Å². The summed E-state index contributed by atoms with van der Waals surface area (Å²) in [5.74, 6) is -2.24. The molecule has 8 atom stereocenters. The first-order chi connectivity index (χ1) is 12.4. The van der Waals surface area contributed by atoms with E-state index >= 15 is 0 Å². The van der Waals surface area contributed by atoms with E-state index in [9.17, 15) is 19.5 Å². The largest absolute Gasteiger partial charge is 0.455 e. The van der Waals surface area contributed by atoms with Crippen molar-refractivity contribution in [2.24, 2.45) is 35.5 Å². The maximum Gasteiger partial charge on any atom is 0.314 e. The third-order valence-electron chi connectivity index (χ3n) is 7.57. The summed E-state index contributed by atoms with van der Waals surface area (Å²) in [4.78, 5) is 40.0. The van der Waals surface area contributed by atoms with Crippen LogP contribution in [0.5, 0.6) is 0 Å². The highest BCUT2D eigenvalue weighted by Gasteiger charge is 2.74. The Morgan fingerprint density at radius 1 is 1.23 bits per heavy atom. The van der Waals surface area contributed by atoms with Gasteiger partial charge in [0.2, 0.25) is 5.91 Å². The summed E-state index contributed by atoms with van der Waals surface area (Å²) in [6.45, 7) is 2.35. The Kier molecular flexibility index (Phi) is 3.43. The number of esters is 1. The number of rotatable bonds is 2. The number of fused-ring (bicyclic) bond motifs is 1. The van der Waals surface area contributed by atoms with Gasteiger partial charge in [-0.2, -0.15) is 0 Å². The summed E-state index contributed by atoms with van der Waals surface area (Å²) >= 11 is 0. The Morgan fingerprint density at radius 3 is 2.81 bits per heavy atom. The average Bonchev–Trinajstić information content (AvgIpc) is 3.17. The molecule has 1 saturated carbocycles. The van der Waals surface area contributed by atoms with Gasteiger partial charge in [-0.05, 0) is 37.0 Å². The molecule has 5 rings (SSSR count). The molecular weight excluding hydrogens is 334 g/mol. The Labute approximate surface area is 152 Å². The van der Waals surface area contributed by atoms with Gasteiger partial charge in [-0.3, -0.25) is 14.4 Å². The number of Topliss-reactive ketones (excluding diaryl/α,β-unsaturated/α-hetero) is 1. The van der Waals surface area contributed by atoms with Gasteiger partial charge in [0.1, 0.15) is 11.8 Å². The second-order valence-corrected chi connectivity index (χ2v) is 8.73. The molecule has 4 fully saturated rings. The second kappa shape index (κ2) is 5.41. The summed E-state index contributed by atoms with van der Waals surface area (Å²) in [5, 5.41) is 11.1. The minimum atomic E-state index is -1.62. The molecule has 3 heterocycles. The fraction of sp³-hybridized carbons (Fsp3) is 0.750. The number of ether oxygens (including phenoxy) is 1. The topological polar surface area (TPSA) is 83.9 Å². The molecule has 0 aromatic rings. The summed E-state index contributed by atoms with van der Waals surface area (Å²) in [5.41, 5.74) is -1.62. The van der Waals surface area contributed by atoms with Crippen LogP contribution >= 0.6 is 0 Å². The minimum Gasteiger partial charge on any atom is -0.455 e. The van der Waals surface area contributed by atoms with Crippen molar-refractivity contribution < 1.29 is 24.2 Å². The van der Waals surface area contributed by atoms with Crippen molar-refractivity contribution in [1.29, 1.82) is 0 Å². The van der Waals surface area contributed by atoms with E-state index < -0.39 is 29.6 Å². The van der Waals surface area contributed by atoms with Gasteiger partial charge in [0.05, 0.1) is 0 Å². The molecule has 0 aromatic carbocycles. The second-order valence-electron chi connectivity index (χ2n) is 8.73. The van der Waals surface area contributed by atoms with Gasteiger partial charge in [0.15, 0.2) is 17.6 Å². The van der Waals surface area contributed by atoms with Crippen LogP contribution in [-0.2, 0) is 19.1 Å². The smallest absolute Gasteiger partial charge is 0.314 e. The zero-order valence-corrected chi connectivity index (χ0v) is 15.0. The van der Waals surface area contributed by atoms with Crippen LogP contribution in [0.15, 0.2) is 12.2 Å². The lowest BCUT2D eigenvalue weighted by atomic mass is 9.62. The molecule has 6 heteroatoms. The molecule has 26 heavy (non-hydrogen) atoms. The molecule has 0 radical (unpaired) electrons. The molecule has 1 amide bonds. The third-order valence-corrected chi connectivity index (χ3v) is 7.57.